The minimum absolute atomic E-state index is 0.804. The fourth-order valence-corrected chi connectivity index (χ4v) is 0.833. The van der Waals surface area contributed by atoms with Gasteiger partial charge < -0.3 is 15.0 Å². The molecule has 0 bridgehead atoms. The van der Waals surface area contributed by atoms with E-state index in [9.17, 15) is 0 Å². The zero-order chi connectivity index (χ0) is 9.23. The molecule has 1 N–H and O–H groups in total. The predicted molar refractivity (Wildman–Crippen MR) is 52.4 cm³/mol. The molecule has 0 rings (SSSR count). The Hall–Kier alpha value is -0.380. The van der Waals surface area contributed by atoms with Crippen LogP contribution in [0.2, 0.25) is 0 Å². The molecule has 0 aromatic rings. The summed E-state index contributed by atoms with van der Waals surface area (Å²) in [5.41, 5.74) is 0. The standard InChI is InChI=1S/C9H20N2O/c1-4-5-10-6-7-11(2)8-9-12-3/h4,10H,1,5-9H2,2-3H3. The molecule has 0 aromatic heterocycles. The van der Waals surface area contributed by atoms with Crippen molar-refractivity contribution in [1.82, 2.24) is 10.2 Å². The molecular weight excluding hydrogens is 152 g/mol. The van der Waals surface area contributed by atoms with Gasteiger partial charge in [-0.15, -0.1) is 6.58 Å². The first-order valence-corrected chi connectivity index (χ1v) is 4.30. The minimum atomic E-state index is 0.804. The molecule has 0 aliphatic rings. The molecule has 0 aliphatic carbocycles. The summed E-state index contributed by atoms with van der Waals surface area (Å²) >= 11 is 0. The number of rotatable bonds is 8. The summed E-state index contributed by atoms with van der Waals surface area (Å²) < 4.78 is 4.96. The van der Waals surface area contributed by atoms with Crippen LogP contribution >= 0.6 is 0 Å². The zero-order valence-electron chi connectivity index (χ0n) is 8.18. The number of methoxy groups -OCH3 is 1. The first kappa shape index (κ1) is 11.6. The van der Waals surface area contributed by atoms with E-state index in [1.54, 1.807) is 7.11 Å². The van der Waals surface area contributed by atoms with Crippen LogP contribution < -0.4 is 5.32 Å². The van der Waals surface area contributed by atoms with Gasteiger partial charge in [0.2, 0.25) is 0 Å². The Balaban J connectivity index is 3.07. The summed E-state index contributed by atoms with van der Waals surface area (Å²) in [6.45, 7) is 8.37. The Morgan fingerprint density at radius 3 is 2.83 bits per heavy atom. The SMILES string of the molecule is C=CCNCCN(C)CCOC. The van der Waals surface area contributed by atoms with Crippen LogP contribution in [0.4, 0.5) is 0 Å². The molecule has 0 saturated heterocycles. The van der Waals surface area contributed by atoms with E-state index in [0.717, 1.165) is 32.8 Å². The summed E-state index contributed by atoms with van der Waals surface area (Å²) in [6.07, 6.45) is 1.87. The lowest BCUT2D eigenvalue weighted by Crippen LogP contribution is -2.31. The van der Waals surface area contributed by atoms with E-state index in [0.29, 0.717) is 0 Å². The molecule has 0 saturated carbocycles. The van der Waals surface area contributed by atoms with Gasteiger partial charge in [0.1, 0.15) is 0 Å². The second kappa shape index (κ2) is 8.71. The van der Waals surface area contributed by atoms with Crippen molar-refractivity contribution in [2.45, 2.75) is 0 Å². The molecule has 0 unspecified atom stereocenters. The maximum atomic E-state index is 4.96. The lowest BCUT2D eigenvalue weighted by molar-refractivity contribution is 0.161. The molecule has 0 amide bonds. The summed E-state index contributed by atoms with van der Waals surface area (Å²) in [7, 11) is 3.82. The molecule has 0 aromatic carbocycles. The monoisotopic (exact) mass is 172 g/mol. The van der Waals surface area contributed by atoms with E-state index < -0.39 is 0 Å². The van der Waals surface area contributed by atoms with Crippen LogP contribution in [-0.2, 0) is 4.74 Å². The van der Waals surface area contributed by atoms with Crippen molar-refractivity contribution >= 4 is 0 Å². The minimum Gasteiger partial charge on any atom is -0.383 e. The predicted octanol–water partition coefficient (Wildman–Crippen LogP) is 0.340. The first-order chi connectivity index (χ1) is 5.81. The number of likely N-dealkylation sites (N-methyl/N-ethyl adjacent to an activating group) is 1. The lowest BCUT2D eigenvalue weighted by atomic mass is 10.5. The molecule has 0 aliphatic heterocycles. The van der Waals surface area contributed by atoms with Gasteiger partial charge in [-0.25, -0.2) is 0 Å². The molecule has 0 atom stereocenters. The van der Waals surface area contributed by atoms with Gasteiger partial charge in [-0.3, -0.25) is 0 Å². The van der Waals surface area contributed by atoms with Gasteiger partial charge in [0.15, 0.2) is 0 Å². The van der Waals surface area contributed by atoms with Crippen LogP contribution in [0.5, 0.6) is 0 Å². The number of nitrogens with zero attached hydrogens (tertiary/aromatic N) is 1. The Morgan fingerprint density at radius 2 is 2.25 bits per heavy atom. The topological polar surface area (TPSA) is 24.5 Å². The van der Waals surface area contributed by atoms with Gasteiger partial charge in [-0.05, 0) is 7.05 Å². The van der Waals surface area contributed by atoms with Crippen molar-refractivity contribution in [2.75, 3.05) is 46.9 Å². The van der Waals surface area contributed by atoms with E-state index in [-0.39, 0.29) is 0 Å². The highest BCUT2D eigenvalue weighted by atomic mass is 16.5. The van der Waals surface area contributed by atoms with E-state index in [1.807, 2.05) is 6.08 Å². The summed E-state index contributed by atoms with van der Waals surface area (Å²) in [4.78, 5) is 2.24. The second-order valence-electron chi connectivity index (χ2n) is 2.79. The zero-order valence-corrected chi connectivity index (χ0v) is 8.18. The van der Waals surface area contributed by atoms with Gasteiger partial charge in [0.25, 0.3) is 0 Å². The number of nitrogens with one attached hydrogen (secondary N) is 1. The first-order valence-electron chi connectivity index (χ1n) is 4.30. The Bertz CT molecular complexity index is 107. The molecular formula is C9H20N2O. The van der Waals surface area contributed by atoms with Gasteiger partial charge in [-0.1, -0.05) is 6.08 Å². The molecule has 72 valence electrons. The van der Waals surface area contributed by atoms with Crippen LogP contribution in [-0.4, -0.2) is 51.8 Å². The van der Waals surface area contributed by atoms with Crippen LogP contribution in [0.15, 0.2) is 12.7 Å². The van der Waals surface area contributed by atoms with Crippen LogP contribution in [0.25, 0.3) is 0 Å². The quantitative estimate of drug-likeness (QED) is 0.422. The highest BCUT2D eigenvalue weighted by molar-refractivity contribution is 4.69. The maximum absolute atomic E-state index is 4.96. The van der Waals surface area contributed by atoms with Crippen molar-refractivity contribution in [2.24, 2.45) is 0 Å². The van der Waals surface area contributed by atoms with E-state index >= 15 is 0 Å². The van der Waals surface area contributed by atoms with Crippen molar-refractivity contribution in [1.29, 1.82) is 0 Å². The molecule has 12 heavy (non-hydrogen) atoms. The van der Waals surface area contributed by atoms with E-state index in [2.05, 4.69) is 23.8 Å². The fraction of sp³-hybridized carbons (Fsp3) is 0.778. The van der Waals surface area contributed by atoms with E-state index in [4.69, 9.17) is 4.74 Å². The number of ether oxygens (including phenoxy) is 1. The highest BCUT2D eigenvalue weighted by Crippen LogP contribution is 1.80. The fourth-order valence-electron chi connectivity index (χ4n) is 0.833. The van der Waals surface area contributed by atoms with Gasteiger partial charge in [-0.2, -0.15) is 0 Å². The Labute approximate surface area is 75.4 Å². The summed E-state index contributed by atoms with van der Waals surface area (Å²) in [5.74, 6) is 0. The van der Waals surface area contributed by atoms with Gasteiger partial charge in [0.05, 0.1) is 6.61 Å². The average molecular weight is 172 g/mol. The number of hydrogen-bond donors (Lipinski definition) is 1. The smallest absolute Gasteiger partial charge is 0.0589 e. The molecule has 3 nitrogen and oxygen atoms in total. The summed E-state index contributed by atoms with van der Waals surface area (Å²) in [5, 5.41) is 3.24. The van der Waals surface area contributed by atoms with Crippen molar-refractivity contribution < 1.29 is 4.74 Å². The third-order valence-electron chi connectivity index (χ3n) is 1.64. The average Bonchev–Trinajstić information content (AvgIpc) is 2.09. The van der Waals surface area contributed by atoms with Crippen LogP contribution in [0, 0.1) is 0 Å². The Kier molecular flexibility index (Phi) is 8.44. The van der Waals surface area contributed by atoms with Crippen LogP contribution in [0.1, 0.15) is 0 Å². The third-order valence-corrected chi connectivity index (χ3v) is 1.64. The normalized spacial score (nSPS) is 10.6. The van der Waals surface area contributed by atoms with Crippen LogP contribution in [0.3, 0.4) is 0 Å². The molecule has 0 spiro atoms. The molecule has 0 fully saturated rings. The molecule has 3 heteroatoms. The second-order valence-corrected chi connectivity index (χ2v) is 2.79. The summed E-state index contributed by atoms with van der Waals surface area (Å²) in [6, 6.07) is 0. The van der Waals surface area contributed by atoms with Crippen molar-refractivity contribution in [3.63, 3.8) is 0 Å². The van der Waals surface area contributed by atoms with Crippen molar-refractivity contribution in [3.05, 3.63) is 12.7 Å². The highest BCUT2D eigenvalue weighted by Gasteiger charge is 1.95. The number of hydrogen-bond acceptors (Lipinski definition) is 3. The Morgan fingerprint density at radius 1 is 1.50 bits per heavy atom. The largest absolute Gasteiger partial charge is 0.383 e. The van der Waals surface area contributed by atoms with Gasteiger partial charge in [0, 0.05) is 33.3 Å². The maximum Gasteiger partial charge on any atom is 0.0589 e. The van der Waals surface area contributed by atoms with Crippen molar-refractivity contribution in [3.8, 4) is 0 Å². The van der Waals surface area contributed by atoms with E-state index in [1.165, 1.54) is 0 Å². The van der Waals surface area contributed by atoms with Gasteiger partial charge >= 0.3 is 0 Å². The third kappa shape index (κ3) is 7.72. The lowest BCUT2D eigenvalue weighted by Gasteiger charge is -2.15. The molecule has 0 radical (unpaired) electrons. The molecule has 0 heterocycles.